The van der Waals surface area contributed by atoms with Crippen molar-refractivity contribution in [3.8, 4) is 21.8 Å². The molecule has 1 unspecified atom stereocenters. The fourth-order valence-electron chi connectivity index (χ4n) is 4.91. The number of carbonyl (C=O) groups excluding carboxylic acids is 2. The van der Waals surface area contributed by atoms with Gasteiger partial charge in [-0.05, 0) is 43.7 Å². The molecule has 0 radical (unpaired) electrons. The molecule has 0 bridgehead atoms. The quantitative estimate of drug-likeness (QED) is 0.335. The van der Waals surface area contributed by atoms with Gasteiger partial charge in [-0.1, -0.05) is 5.16 Å². The number of hydrogen-bond donors (Lipinski definition) is 1. The summed E-state index contributed by atoms with van der Waals surface area (Å²) in [7, 11) is 1.53. The van der Waals surface area contributed by atoms with E-state index < -0.39 is 23.6 Å². The van der Waals surface area contributed by atoms with Gasteiger partial charge in [0, 0.05) is 30.6 Å². The predicted octanol–water partition coefficient (Wildman–Crippen LogP) is 4.47. The van der Waals surface area contributed by atoms with Gasteiger partial charge in [-0.3, -0.25) is 18.9 Å². The Morgan fingerprint density at radius 1 is 1.18 bits per heavy atom. The van der Waals surface area contributed by atoms with E-state index in [0.717, 1.165) is 40.3 Å². The van der Waals surface area contributed by atoms with Crippen LogP contribution in [-0.2, 0) is 9.53 Å². The molecule has 1 atom stereocenters. The van der Waals surface area contributed by atoms with Gasteiger partial charge in [-0.2, -0.15) is 0 Å². The Bertz CT molecular complexity index is 1780. The number of nitrogens with zero attached hydrogens (tertiary/aromatic N) is 5. The number of nitrogens with one attached hydrogen (secondary N) is 1. The normalized spacial score (nSPS) is 15.7. The van der Waals surface area contributed by atoms with Crippen molar-refractivity contribution in [1.82, 2.24) is 24.8 Å². The van der Waals surface area contributed by atoms with Gasteiger partial charge in [0.05, 0.1) is 24.2 Å². The van der Waals surface area contributed by atoms with E-state index in [0.29, 0.717) is 32.7 Å². The maximum absolute atomic E-state index is 14.2. The summed E-state index contributed by atoms with van der Waals surface area (Å²) in [6.07, 6.45) is 3.28. The Kier molecular flexibility index (Phi) is 6.39. The zero-order valence-electron chi connectivity index (χ0n) is 21.6. The predicted molar refractivity (Wildman–Crippen MR) is 142 cm³/mol. The number of fused-ring (bicyclic) bond motifs is 1. The summed E-state index contributed by atoms with van der Waals surface area (Å²) in [5.74, 6) is -2.18. The second kappa shape index (κ2) is 9.92. The third kappa shape index (κ3) is 4.23. The summed E-state index contributed by atoms with van der Waals surface area (Å²) in [6.45, 7) is 3.49. The van der Waals surface area contributed by atoms with Crippen molar-refractivity contribution in [2.24, 2.45) is 0 Å². The third-order valence-electron chi connectivity index (χ3n) is 6.71. The first-order chi connectivity index (χ1) is 19.3. The van der Waals surface area contributed by atoms with Crippen molar-refractivity contribution >= 4 is 34.5 Å². The highest BCUT2D eigenvalue weighted by Crippen LogP contribution is 2.39. The molecule has 1 fully saturated rings. The molecule has 5 heterocycles. The molecule has 1 saturated heterocycles. The molecule has 0 aliphatic carbocycles. The van der Waals surface area contributed by atoms with Crippen molar-refractivity contribution < 1.29 is 27.6 Å². The molecule has 13 heteroatoms. The lowest BCUT2D eigenvalue weighted by Crippen LogP contribution is -2.44. The molecule has 1 N–H and O–H groups in total. The van der Waals surface area contributed by atoms with E-state index >= 15 is 0 Å². The fourth-order valence-corrected chi connectivity index (χ4v) is 5.82. The number of halogens is 2. The highest BCUT2D eigenvalue weighted by molar-refractivity contribution is 7.16. The number of aromatic nitrogens is 4. The topological polar surface area (TPSA) is 115 Å². The SMILES string of the molecule is CNC(=O)c1cnc(-c2c(C3COCC(=O)N3c3ccc(F)c(F)c3)nc3cc(-c4c(C)noc4C)ccn23)s1. The van der Waals surface area contributed by atoms with Gasteiger partial charge in [-0.15, -0.1) is 11.3 Å². The minimum atomic E-state index is -1.08. The van der Waals surface area contributed by atoms with Crippen LogP contribution in [0, 0.1) is 25.5 Å². The van der Waals surface area contributed by atoms with Crippen LogP contribution in [0.4, 0.5) is 14.5 Å². The Morgan fingerprint density at radius 3 is 2.73 bits per heavy atom. The first kappa shape index (κ1) is 25.8. The zero-order chi connectivity index (χ0) is 28.1. The largest absolute Gasteiger partial charge is 0.369 e. The van der Waals surface area contributed by atoms with E-state index in [1.54, 1.807) is 0 Å². The third-order valence-corrected chi connectivity index (χ3v) is 7.72. The molecule has 40 heavy (non-hydrogen) atoms. The molecule has 2 amide bonds. The summed E-state index contributed by atoms with van der Waals surface area (Å²) in [6, 6.07) is 6.24. The van der Waals surface area contributed by atoms with Crippen LogP contribution in [0.1, 0.15) is 32.9 Å². The minimum absolute atomic E-state index is 0.0476. The standard InChI is InChI=1S/C27H22F2N6O4S/c1-13-23(14(2)39-33-13)15-6-7-34-21(8-15)32-24(25(34)27-31-10-20(40-27)26(37)30-3)19-11-38-12-22(36)35(19)16-4-5-17(28)18(29)9-16/h4-10,19H,11-12H2,1-3H3,(H,30,37). The van der Waals surface area contributed by atoms with Crippen LogP contribution in [0.5, 0.6) is 0 Å². The van der Waals surface area contributed by atoms with Crippen LogP contribution >= 0.6 is 11.3 Å². The number of ether oxygens (including phenoxy) is 1. The number of pyridine rings is 1. The van der Waals surface area contributed by atoms with Gasteiger partial charge in [0.2, 0.25) is 0 Å². The van der Waals surface area contributed by atoms with Crippen LogP contribution in [0.25, 0.3) is 27.5 Å². The van der Waals surface area contributed by atoms with Gasteiger partial charge in [-0.25, -0.2) is 18.7 Å². The monoisotopic (exact) mass is 564 g/mol. The van der Waals surface area contributed by atoms with Crippen LogP contribution in [0.3, 0.4) is 0 Å². The number of hydrogen-bond acceptors (Lipinski definition) is 8. The van der Waals surface area contributed by atoms with Crippen molar-refractivity contribution in [3.05, 3.63) is 76.4 Å². The average Bonchev–Trinajstić information content (AvgIpc) is 3.66. The molecule has 1 aliphatic heterocycles. The second-order valence-corrected chi connectivity index (χ2v) is 10.2. The number of aryl methyl sites for hydroxylation is 2. The van der Waals surface area contributed by atoms with E-state index in [1.165, 1.54) is 24.2 Å². The minimum Gasteiger partial charge on any atom is -0.369 e. The van der Waals surface area contributed by atoms with Crippen molar-refractivity contribution in [1.29, 1.82) is 0 Å². The number of morpholine rings is 1. The van der Waals surface area contributed by atoms with E-state index in [9.17, 15) is 18.4 Å². The molecule has 0 saturated carbocycles. The van der Waals surface area contributed by atoms with Crippen LogP contribution in [0.2, 0.25) is 0 Å². The van der Waals surface area contributed by atoms with Gasteiger partial charge in [0.25, 0.3) is 11.8 Å². The molecular weight excluding hydrogens is 542 g/mol. The Balaban J connectivity index is 1.56. The van der Waals surface area contributed by atoms with Gasteiger partial charge in [0.15, 0.2) is 11.6 Å². The Morgan fingerprint density at radius 2 is 2.00 bits per heavy atom. The summed E-state index contributed by atoms with van der Waals surface area (Å²) < 4.78 is 40.7. The van der Waals surface area contributed by atoms with Crippen molar-refractivity contribution in [2.75, 3.05) is 25.2 Å². The van der Waals surface area contributed by atoms with E-state index in [1.807, 2.05) is 36.6 Å². The molecule has 0 spiro atoms. The van der Waals surface area contributed by atoms with Crippen LogP contribution in [0.15, 0.2) is 47.2 Å². The number of anilines is 1. The second-order valence-electron chi connectivity index (χ2n) is 9.19. The number of thiazole rings is 1. The van der Waals surface area contributed by atoms with Crippen LogP contribution < -0.4 is 10.2 Å². The number of benzene rings is 1. The number of rotatable bonds is 5. The lowest BCUT2D eigenvalue weighted by Gasteiger charge is -2.35. The molecule has 4 aromatic heterocycles. The summed E-state index contributed by atoms with van der Waals surface area (Å²) in [5, 5.41) is 7.11. The number of imidazole rings is 1. The van der Waals surface area contributed by atoms with E-state index in [2.05, 4.69) is 15.5 Å². The molecular formula is C27H22F2N6O4S. The maximum atomic E-state index is 14.2. The lowest BCUT2D eigenvalue weighted by atomic mass is 10.1. The average molecular weight is 565 g/mol. The first-order valence-corrected chi connectivity index (χ1v) is 13.1. The zero-order valence-corrected chi connectivity index (χ0v) is 22.4. The Labute approximate surface area is 230 Å². The van der Waals surface area contributed by atoms with E-state index in [4.69, 9.17) is 14.2 Å². The number of amides is 2. The molecule has 5 aromatic rings. The summed E-state index contributed by atoms with van der Waals surface area (Å²) in [4.78, 5) is 36.6. The maximum Gasteiger partial charge on any atom is 0.262 e. The van der Waals surface area contributed by atoms with Crippen LogP contribution in [-0.4, -0.2) is 51.6 Å². The highest BCUT2D eigenvalue weighted by Gasteiger charge is 2.36. The van der Waals surface area contributed by atoms with Gasteiger partial charge < -0.3 is 14.6 Å². The number of carbonyl (C=O) groups is 2. The van der Waals surface area contributed by atoms with Crippen molar-refractivity contribution in [3.63, 3.8) is 0 Å². The molecule has 10 nitrogen and oxygen atoms in total. The summed E-state index contributed by atoms with van der Waals surface area (Å²) >= 11 is 1.16. The molecule has 1 aromatic carbocycles. The van der Waals surface area contributed by atoms with Gasteiger partial charge >= 0.3 is 0 Å². The highest BCUT2D eigenvalue weighted by atomic mass is 32.1. The lowest BCUT2D eigenvalue weighted by molar-refractivity contribution is -0.127. The molecule has 1 aliphatic rings. The smallest absolute Gasteiger partial charge is 0.262 e. The first-order valence-electron chi connectivity index (χ1n) is 12.2. The summed E-state index contributed by atoms with van der Waals surface area (Å²) in [5.41, 5.74) is 4.04. The fraction of sp³-hybridized carbons (Fsp3) is 0.222. The van der Waals surface area contributed by atoms with E-state index in [-0.39, 0.29) is 24.8 Å². The molecule has 6 rings (SSSR count). The Hall–Kier alpha value is -4.49. The van der Waals surface area contributed by atoms with Crippen molar-refractivity contribution in [2.45, 2.75) is 19.9 Å². The van der Waals surface area contributed by atoms with Gasteiger partial charge in [0.1, 0.15) is 39.6 Å². The molecule has 204 valence electrons.